The summed E-state index contributed by atoms with van der Waals surface area (Å²) in [6.45, 7) is 1.82. The van der Waals surface area contributed by atoms with E-state index in [0.717, 1.165) is 9.87 Å². The van der Waals surface area contributed by atoms with Crippen molar-refractivity contribution >= 4 is 33.3 Å². The van der Waals surface area contributed by atoms with Crippen molar-refractivity contribution in [3.63, 3.8) is 0 Å². The van der Waals surface area contributed by atoms with Crippen molar-refractivity contribution in [3.05, 3.63) is 88.2 Å². The smallest absolute Gasteiger partial charge is 0.299 e. The van der Waals surface area contributed by atoms with Crippen molar-refractivity contribution in [1.29, 1.82) is 0 Å². The predicted molar refractivity (Wildman–Crippen MR) is 111 cm³/mol. The van der Waals surface area contributed by atoms with Crippen LogP contribution in [-0.4, -0.2) is 18.8 Å². The third-order valence-corrected chi connectivity index (χ3v) is 5.71. The molecule has 2 aromatic carbocycles. The predicted octanol–water partition coefficient (Wildman–Crippen LogP) is 3.43. The molecule has 8 heteroatoms. The molecule has 3 rings (SSSR count). The lowest BCUT2D eigenvalue weighted by Crippen LogP contribution is -2.36. The quantitative estimate of drug-likeness (QED) is 0.623. The highest BCUT2D eigenvalue weighted by Gasteiger charge is 2.23. The van der Waals surface area contributed by atoms with Crippen LogP contribution < -0.4 is 9.44 Å². The Morgan fingerprint density at radius 3 is 2.29 bits per heavy atom. The van der Waals surface area contributed by atoms with Crippen LogP contribution in [-0.2, 0) is 23.8 Å². The zero-order valence-corrected chi connectivity index (χ0v) is 17.0. The molecule has 0 fully saturated rings. The van der Waals surface area contributed by atoms with E-state index < -0.39 is 10.2 Å². The highest BCUT2D eigenvalue weighted by Crippen LogP contribution is 2.24. The second-order valence-electron chi connectivity index (χ2n) is 6.45. The molecule has 0 saturated carbocycles. The van der Waals surface area contributed by atoms with Crippen LogP contribution in [0, 0.1) is 6.92 Å². The molecule has 1 heterocycles. The number of hydrogen-bond acceptors (Lipinski definition) is 3. The normalized spacial score (nSPS) is 11.4. The zero-order chi connectivity index (χ0) is 20.5. The maximum absolute atomic E-state index is 12.9. The fourth-order valence-electron chi connectivity index (χ4n) is 3.11. The topological polar surface area (TPSA) is 85.4 Å². The van der Waals surface area contributed by atoms with Crippen LogP contribution in [0.25, 0.3) is 0 Å². The van der Waals surface area contributed by atoms with Crippen LogP contribution in [0.2, 0.25) is 5.02 Å². The summed E-state index contributed by atoms with van der Waals surface area (Å²) in [5.41, 5.74) is 2.84. The Bertz CT molecular complexity index is 1110. The molecule has 1 aromatic heterocycles. The number of hydrogen-bond donors (Lipinski definition) is 1. The van der Waals surface area contributed by atoms with Crippen molar-refractivity contribution < 1.29 is 13.2 Å². The van der Waals surface area contributed by atoms with Gasteiger partial charge < -0.3 is 4.57 Å². The lowest BCUT2D eigenvalue weighted by molar-refractivity contribution is 0.103. The van der Waals surface area contributed by atoms with Crippen LogP contribution in [0.15, 0.2) is 60.7 Å². The molecule has 146 valence electrons. The van der Waals surface area contributed by atoms with E-state index in [9.17, 15) is 13.2 Å². The summed E-state index contributed by atoms with van der Waals surface area (Å²) < 4.78 is 27.1. The third-order valence-electron chi connectivity index (χ3n) is 4.50. The Morgan fingerprint density at radius 2 is 1.71 bits per heavy atom. The number of rotatable bonds is 6. The SMILES string of the molecule is Cc1cc(CN(c2ccccc2)S(N)(=O)=O)n(C)c1C(=O)c1ccc(Cl)cc1. The number of aryl methyl sites for hydroxylation is 1. The molecule has 2 N–H and O–H groups in total. The number of benzene rings is 2. The molecule has 0 spiro atoms. The summed E-state index contributed by atoms with van der Waals surface area (Å²) in [6, 6.07) is 17.0. The van der Waals surface area contributed by atoms with Crippen molar-refractivity contribution in [2.75, 3.05) is 4.31 Å². The van der Waals surface area contributed by atoms with Gasteiger partial charge in [-0.3, -0.25) is 9.10 Å². The molecule has 0 bridgehead atoms. The second kappa shape index (κ2) is 7.79. The molecule has 0 aliphatic rings. The van der Waals surface area contributed by atoms with Gasteiger partial charge in [-0.25, -0.2) is 5.14 Å². The lowest BCUT2D eigenvalue weighted by atomic mass is 10.1. The molecular formula is C20H20ClN3O3S. The second-order valence-corrected chi connectivity index (χ2v) is 8.36. The van der Waals surface area contributed by atoms with Gasteiger partial charge in [0.1, 0.15) is 0 Å². The number of nitrogens with two attached hydrogens (primary N) is 1. The lowest BCUT2D eigenvalue weighted by Gasteiger charge is -2.22. The summed E-state index contributed by atoms with van der Waals surface area (Å²) in [5, 5.41) is 5.98. The molecule has 0 unspecified atom stereocenters. The van der Waals surface area contributed by atoms with E-state index in [0.29, 0.717) is 27.7 Å². The van der Waals surface area contributed by atoms with E-state index >= 15 is 0 Å². The van der Waals surface area contributed by atoms with Gasteiger partial charge in [-0.05, 0) is 55.0 Å². The summed E-state index contributed by atoms with van der Waals surface area (Å²) >= 11 is 5.90. The first-order chi connectivity index (χ1) is 13.2. The van der Waals surface area contributed by atoms with Gasteiger partial charge in [-0.2, -0.15) is 8.42 Å². The van der Waals surface area contributed by atoms with E-state index in [4.69, 9.17) is 16.7 Å². The van der Waals surface area contributed by atoms with Gasteiger partial charge in [-0.15, -0.1) is 0 Å². The number of ketones is 1. The number of nitrogens with zero attached hydrogens (tertiary/aromatic N) is 2. The molecule has 0 atom stereocenters. The first-order valence-corrected chi connectivity index (χ1v) is 10.4. The Morgan fingerprint density at radius 1 is 1.11 bits per heavy atom. The number of carbonyl (C=O) groups excluding carboxylic acids is 1. The fraction of sp³-hybridized carbons (Fsp3) is 0.150. The fourth-order valence-corrected chi connectivity index (χ4v) is 3.97. The van der Waals surface area contributed by atoms with Gasteiger partial charge in [0, 0.05) is 23.3 Å². The number of halogens is 1. The monoisotopic (exact) mass is 417 g/mol. The van der Waals surface area contributed by atoms with Crippen LogP contribution in [0.4, 0.5) is 5.69 Å². The van der Waals surface area contributed by atoms with E-state index in [1.165, 1.54) is 0 Å². The maximum atomic E-state index is 12.9. The van der Waals surface area contributed by atoms with E-state index in [-0.39, 0.29) is 12.3 Å². The number of aromatic nitrogens is 1. The molecule has 3 aromatic rings. The summed E-state index contributed by atoms with van der Waals surface area (Å²) in [4.78, 5) is 12.9. The third kappa shape index (κ3) is 4.11. The van der Waals surface area contributed by atoms with Gasteiger partial charge in [-0.1, -0.05) is 29.8 Å². The van der Waals surface area contributed by atoms with Crippen LogP contribution in [0.5, 0.6) is 0 Å². The zero-order valence-electron chi connectivity index (χ0n) is 15.5. The molecular weight excluding hydrogens is 398 g/mol. The van der Waals surface area contributed by atoms with E-state index in [2.05, 4.69) is 0 Å². The highest BCUT2D eigenvalue weighted by atomic mass is 35.5. The minimum atomic E-state index is -3.99. The Balaban J connectivity index is 1.99. The average Bonchev–Trinajstić information content (AvgIpc) is 2.93. The minimum Gasteiger partial charge on any atom is -0.343 e. The van der Waals surface area contributed by atoms with Gasteiger partial charge in [0.2, 0.25) is 5.78 Å². The molecule has 0 saturated heterocycles. The Kier molecular flexibility index (Phi) is 5.60. The van der Waals surface area contributed by atoms with Crippen molar-refractivity contribution in [2.45, 2.75) is 13.5 Å². The highest BCUT2D eigenvalue weighted by molar-refractivity contribution is 7.90. The van der Waals surface area contributed by atoms with E-state index in [1.807, 2.05) is 6.92 Å². The molecule has 0 amide bonds. The summed E-state index contributed by atoms with van der Waals surface area (Å²) in [6.07, 6.45) is 0. The number of carbonyl (C=O) groups is 1. The van der Waals surface area contributed by atoms with Crippen molar-refractivity contribution in [1.82, 2.24) is 4.57 Å². The van der Waals surface area contributed by atoms with Crippen molar-refractivity contribution in [3.8, 4) is 0 Å². The number of para-hydroxylation sites is 1. The first kappa shape index (κ1) is 20.1. The van der Waals surface area contributed by atoms with Crippen LogP contribution in [0.3, 0.4) is 0 Å². The molecule has 6 nitrogen and oxygen atoms in total. The standard InChI is InChI=1S/C20H20ClN3O3S/c1-14-12-18(13-24(28(22,26)27)17-6-4-3-5-7-17)23(2)19(14)20(25)15-8-10-16(21)11-9-15/h3-12H,13H2,1-2H3,(H2,22,26,27). The van der Waals surface area contributed by atoms with Crippen LogP contribution in [0.1, 0.15) is 27.3 Å². The molecule has 0 aliphatic heterocycles. The van der Waals surface area contributed by atoms with Crippen molar-refractivity contribution in [2.24, 2.45) is 12.2 Å². The molecule has 28 heavy (non-hydrogen) atoms. The van der Waals surface area contributed by atoms with Gasteiger partial charge in [0.05, 0.1) is 17.9 Å². The summed E-state index contributed by atoms with van der Waals surface area (Å²) in [7, 11) is -2.26. The maximum Gasteiger partial charge on any atom is 0.299 e. The Hall–Kier alpha value is -2.61. The number of anilines is 1. The first-order valence-electron chi connectivity index (χ1n) is 8.49. The molecule has 0 radical (unpaired) electrons. The average molecular weight is 418 g/mol. The van der Waals surface area contributed by atoms with E-state index in [1.54, 1.807) is 72.3 Å². The Labute approximate surface area is 169 Å². The van der Waals surface area contributed by atoms with Gasteiger partial charge in [0.15, 0.2) is 0 Å². The molecule has 0 aliphatic carbocycles. The van der Waals surface area contributed by atoms with Crippen LogP contribution >= 0.6 is 11.6 Å². The van der Waals surface area contributed by atoms with Gasteiger partial charge >= 0.3 is 0 Å². The summed E-state index contributed by atoms with van der Waals surface area (Å²) in [5.74, 6) is -0.162. The van der Waals surface area contributed by atoms with Gasteiger partial charge in [0.25, 0.3) is 10.2 Å². The minimum absolute atomic E-state index is 0.00802. The largest absolute Gasteiger partial charge is 0.343 e.